The van der Waals surface area contributed by atoms with Crippen LogP contribution >= 0.6 is 23.2 Å². The monoisotopic (exact) mass is 684 g/mol. The number of piperidine rings is 2. The molecule has 8 nitrogen and oxygen atoms in total. The van der Waals surface area contributed by atoms with Gasteiger partial charge in [0.25, 0.3) is 5.91 Å². The molecule has 2 saturated heterocycles. The number of rotatable bonds is 8. The fourth-order valence-corrected chi connectivity index (χ4v) is 6.79. The third-order valence-corrected chi connectivity index (χ3v) is 9.36. The number of likely N-dealkylation sites (tertiary alicyclic amines) is 2. The highest BCUT2D eigenvalue weighted by molar-refractivity contribution is 6.32. The summed E-state index contributed by atoms with van der Waals surface area (Å²) < 4.78 is 40.6. The van der Waals surface area contributed by atoms with E-state index in [1.165, 1.54) is 56.9 Å². The van der Waals surface area contributed by atoms with Crippen molar-refractivity contribution in [1.82, 2.24) is 25.0 Å². The molecule has 0 saturated carbocycles. The maximum Gasteiger partial charge on any atom is 0.417 e. The molecular formula is C34H33Cl2F3N6O2. The Bertz CT molecular complexity index is 1760. The minimum Gasteiger partial charge on any atom is -0.306 e. The first-order valence-corrected chi connectivity index (χ1v) is 16.3. The highest BCUT2D eigenvalue weighted by atomic mass is 35.5. The van der Waals surface area contributed by atoms with Crippen molar-refractivity contribution < 1.29 is 22.8 Å². The second-order valence-electron chi connectivity index (χ2n) is 12.0. The van der Waals surface area contributed by atoms with Crippen LogP contribution in [0.1, 0.15) is 69.5 Å². The van der Waals surface area contributed by atoms with Crippen molar-refractivity contribution in [2.24, 2.45) is 0 Å². The molecule has 4 heterocycles. The quantitative estimate of drug-likeness (QED) is 0.185. The standard InChI is InChI=1S/C34H33Cl2F3N6O2/c35-24-17-26(31(46)27-19-41-43-30(27)22-7-8-29(36)28(16-22)34(37,38)39)32(40-18-24)42-33(47)23-6-4-5-21(15-23)20-44-13-9-25(10-14-44)45-11-2-1-3-12-45/h4-8,15-19,25H,1-3,9-14,20H2,(H,41,43)(H,40,42,47). The molecule has 2 aliphatic rings. The van der Waals surface area contributed by atoms with Crippen molar-refractivity contribution in [3.05, 3.63) is 98.8 Å². The third-order valence-electron chi connectivity index (χ3n) is 8.82. The van der Waals surface area contributed by atoms with Gasteiger partial charge in [-0.1, -0.05) is 47.8 Å². The van der Waals surface area contributed by atoms with Crippen molar-refractivity contribution in [3.63, 3.8) is 0 Å². The van der Waals surface area contributed by atoms with Crippen LogP contribution in [0.25, 0.3) is 11.3 Å². The molecule has 2 aliphatic heterocycles. The van der Waals surface area contributed by atoms with E-state index in [2.05, 4.69) is 30.3 Å². The van der Waals surface area contributed by atoms with Crippen LogP contribution in [0.4, 0.5) is 19.0 Å². The highest BCUT2D eigenvalue weighted by Crippen LogP contribution is 2.38. The number of nitrogens with zero attached hydrogens (tertiary/aromatic N) is 4. The summed E-state index contributed by atoms with van der Waals surface area (Å²) in [6.07, 6.45) is 4.04. The fourth-order valence-electron chi connectivity index (χ4n) is 6.40. The van der Waals surface area contributed by atoms with Gasteiger partial charge >= 0.3 is 6.18 Å². The Hall–Kier alpha value is -3.77. The molecular weight excluding hydrogens is 652 g/mol. The van der Waals surface area contributed by atoms with Crippen LogP contribution < -0.4 is 5.32 Å². The van der Waals surface area contributed by atoms with Crippen molar-refractivity contribution in [1.29, 1.82) is 0 Å². The molecule has 246 valence electrons. The molecule has 1 amide bonds. The number of ketones is 1. The number of H-pyrrole nitrogens is 1. The molecule has 0 spiro atoms. The van der Waals surface area contributed by atoms with Crippen LogP contribution in [0, 0.1) is 0 Å². The van der Waals surface area contributed by atoms with Gasteiger partial charge in [-0.15, -0.1) is 0 Å². The Morgan fingerprint density at radius 2 is 1.72 bits per heavy atom. The van der Waals surface area contributed by atoms with Crippen molar-refractivity contribution >= 4 is 40.7 Å². The second-order valence-corrected chi connectivity index (χ2v) is 12.8. The van der Waals surface area contributed by atoms with E-state index in [-0.39, 0.29) is 33.2 Å². The van der Waals surface area contributed by atoms with E-state index in [0.29, 0.717) is 11.6 Å². The zero-order chi connectivity index (χ0) is 33.1. The molecule has 0 atom stereocenters. The molecule has 0 bridgehead atoms. The molecule has 4 aromatic rings. The fraction of sp³-hybridized carbons (Fsp3) is 0.353. The topological polar surface area (TPSA) is 94.2 Å². The molecule has 6 rings (SSSR count). The Balaban J connectivity index is 1.17. The Morgan fingerprint density at radius 1 is 0.957 bits per heavy atom. The zero-order valence-corrected chi connectivity index (χ0v) is 26.9. The number of amides is 1. The molecule has 2 fully saturated rings. The van der Waals surface area contributed by atoms with E-state index < -0.39 is 28.5 Å². The lowest BCUT2D eigenvalue weighted by molar-refractivity contribution is -0.137. The largest absolute Gasteiger partial charge is 0.417 e. The number of nitrogens with one attached hydrogen (secondary N) is 2. The summed E-state index contributed by atoms with van der Waals surface area (Å²) in [6.45, 7) is 5.13. The number of carbonyl (C=O) groups excluding carboxylic acids is 2. The first kappa shape index (κ1) is 33.1. The van der Waals surface area contributed by atoms with Crippen molar-refractivity contribution in [3.8, 4) is 11.3 Å². The summed E-state index contributed by atoms with van der Waals surface area (Å²) in [5.41, 5.74) is 0.253. The molecule has 47 heavy (non-hydrogen) atoms. The Morgan fingerprint density at radius 3 is 2.47 bits per heavy atom. The maximum absolute atomic E-state index is 13.8. The SMILES string of the molecule is O=C(Nc1ncc(Cl)cc1C(=O)c1c[nH]nc1-c1ccc(Cl)c(C(F)(F)F)c1)c1cccc(CN2CCC(N3CCCCC3)CC2)c1. The summed E-state index contributed by atoms with van der Waals surface area (Å²) in [5.74, 6) is -1.17. The molecule has 13 heteroatoms. The molecule has 2 N–H and O–H groups in total. The van der Waals surface area contributed by atoms with Gasteiger partial charge in [0.15, 0.2) is 0 Å². The molecule has 0 aliphatic carbocycles. The summed E-state index contributed by atoms with van der Waals surface area (Å²) in [4.78, 5) is 36.5. The second kappa shape index (κ2) is 14.1. The van der Waals surface area contributed by atoms with Crippen LogP contribution in [-0.4, -0.2) is 68.9 Å². The van der Waals surface area contributed by atoms with Gasteiger partial charge in [-0.2, -0.15) is 18.3 Å². The van der Waals surface area contributed by atoms with E-state index in [0.717, 1.165) is 50.2 Å². The highest BCUT2D eigenvalue weighted by Gasteiger charge is 2.34. The van der Waals surface area contributed by atoms with Crippen LogP contribution in [0.5, 0.6) is 0 Å². The molecule has 2 aromatic carbocycles. The van der Waals surface area contributed by atoms with Gasteiger partial charge in [0.05, 0.1) is 26.7 Å². The van der Waals surface area contributed by atoms with E-state index in [4.69, 9.17) is 23.2 Å². The number of anilines is 1. The van der Waals surface area contributed by atoms with Crippen LogP contribution in [0.15, 0.2) is 60.9 Å². The smallest absolute Gasteiger partial charge is 0.306 e. The average molecular weight is 686 g/mol. The van der Waals surface area contributed by atoms with Crippen molar-refractivity contribution in [2.45, 2.75) is 50.9 Å². The lowest BCUT2D eigenvalue weighted by Gasteiger charge is -2.40. The predicted molar refractivity (Wildman–Crippen MR) is 175 cm³/mol. The van der Waals surface area contributed by atoms with Gasteiger partial charge in [0, 0.05) is 36.1 Å². The normalized spacial score (nSPS) is 16.7. The lowest BCUT2D eigenvalue weighted by atomic mass is 9.99. The third kappa shape index (κ3) is 7.70. The Labute approximate surface area is 280 Å². The first-order chi connectivity index (χ1) is 22.6. The van der Waals surface area contributed by atoms with Crippen molar-refractivity contribution in [2.75, 3.05) is 31.5 Å². The molecule has 2 aromatic heterocycles. The van der Waals surface area contributed by atoms with Crippen LogP contribution in [-0.2, 0) is 12.7 Å². The number of aromatic nitrogens is 3. The summed E-state index contributed by atoms with van der Waals surface area (Å²) in [6, 6.07) is 12.6. The van der Waals surface area contributed by atoms with E-state index in [1.807, 2.05) is 18.2 Å². The van der Waals surface area contributed by atoms with Gasteiger partial charge in [-0.25, -0.2) is 4.98 Å². The van der Waals surface area contributed by atoms with Crippen LogP contribution in [0.2, 0.25) is 10.0 Å². The summed E-state index contributed by atoms with van der Waals surface area (Å²) >= 11 is 12.0. The minimum atomic E-state index is -4.71. The number of hydrogen-bond donors (Lipinski definition) is 2. The van der Waals surface area contributed by atoms with E-state index in [1.54, 1.807) is 6.07 Å². The number of hydrogen-bond acceptors (Lipinski definition) is 6. The van der Waals surface area contributed by atoms with Crippen LogP contribution in [0.3, 0.4) is 0 Å². The van der Waals surface area contributed by atoms with E-state index >= 15 is 0 Å². The number of halogens is 5. The number of carbonyl (C=O) groups is 2. The van der Waals surface area contributed by atoms with E-state index in [9.17, 15) is 22.8 Å². The van der Waals surface area contributed by atoms with Gasteiger partial charge in [0.1, 0.15) is 11.5 Å². The minimum absolute atomic E-state index is 0.0259. The molecule has 0 radical (unpaired) electrons. The number of pyridine rings is 1. The van der Waals surface area contributed by atoms with Gasteiger partial charge in [-0.05, 0) is 87.8 Å². The van der Waals surface area contributed by atoms with Gasteiger partial charge in [-0.3, -0.25) is 19.6 Å². The average Bonchev–Trinajstić information content (AvgIpc) is 3.56. The summed E-state index contributed by atoms with van der Waals surface area (Å²) in [5, 5.41) is 8.95. The van der Waals surface area contributed by atoms with Gasteiger partial charge < -0.3 is 10.2 Å². The maximum atomic E-state index is 13.8. The first-order valence-electron chi connectivity index (χ1n) is 15.5. The molecule has 0 unspecified atom stereocenters. The summed E-state index contributed by atoms with van der Waals surface area (Å²) in [7, 11) is 0. The predicted octanol–water partition coefficient (Wildman–Crippen LogP) is 7.73. The number of aromatic amines is 1. The zero-order valence-electron chi connectivity index (χ0n) is 25.4. The lowest BCUT2D eigenvalue weighted by Crippen LogP contribution is -2.46. The Kier molecular flexibility index (Phi) is 9.98. The number of alkyl halides is 3. The number of benzene rings is 2. The van der Waals surface area contributed by atoms with Gasteiger partial charge in [0.2, 0.25) is 5.78 Å².